The molecule has 0 amide bonds. The highest BCUT2D eigenvalue weighted by atomic mass is 16.5. The van der Waals surface area contributed by atoms with Gasteiger partial charge in [0, 0.05) is 18.6 Å². The van der Waals surface area contributed by atoms with Crippen LogP contribution in [0, 0.1) is 5.41 Å². The smallest absolute Gasteiger partial charge is 0.0664 e. The summed E-state index contributed by atoms with van der Waals surface area (Å²) in [6.07, 6.45) is 15.1. The van der Waals surface area contributed by atoms with Gasteiger partial charge >= 0.3 is 0 Å². The number of rotatable bonds is 3. The minimum Gasteiger partial charge on any atom is -0.381 e. The Morgan fingerprint density at radius 3 is 2.25 bits per heavy atom. The maximum Gasteiger partial charge on any atom is 0.0664 e. The molecule has 3 saturated carbocycles. The number of methoxy groups -OCH3 is 1. The van der Waals surface area contributed by atoms with E-state index >= 15 is 0 Å². The quantitative estimate of drug-likeness (QED) is 0.862. The molecule has 116 valence electrons. The Hall–Kier alpha value is -0.120. The molecule has 0 saturated heterocycles. The van der Waals surface area contributed by atoms with Gasteiger partial charge in [-0.25, -0.2) is 0 Å². The molecule has 3 nitrogen and oxygen atoms in total. The lowest BCUT2D eigenvalue weighted by atomic mass is 9.58. The molecule has 2 N–H and O–H groups in total. The van der Waals surface area contributed by atoms with Crippen molar-refractivity contribution < 1.29 is 9.47 Å². The fourth-order valence-electron chi connectivity index (χ4n) is 4.72. The molecule has 0 radical (unpaired) electrons. The predicted molar refractivity (Wildman–Crippen MR) is 80.7 cm³/mol. The number of ether oxygens (including phenoxy) is 2. The van der Waals surface area contributed by atoms with E-state index in [2.05, 4.69) is 0 Å². The van der Waals surface area contributed by atoms with Crippen molar-refractivity contribution in [2.45, 2.75) is 95.0 Å². The molecule has 1 spiro atoms. The van der Waals surface area contributed by atoms with Crippen molar-refractivity contribution in [2.24, 2.45) is 11.1 Å². The van der Waals surface area contributed by atoms with Crippen LogP contribution in [0.5, 0.6) is 0 Å². The number of hydrogen-bond donors (Lipinski definition) is 1. The van der Waals surface area contributed by atoms with Gasteiger partial charge in [0.05, 0.1) is 18.3 Å². The molecule has 4 unspecified atom stereocenters. The van der Waals surface area contributed by atoms with E-state index in [9.17, 15) is 0 Å². The Morgan fingerprint density at radius 1 is 0.900 bits per heavy atom. The van der Waals surface area contributed by atoms with Crippen LogP contribution in [0.1, 0.15) is 70.6 Å². The van der Waals surface area contributed by atoms with Gasteiger partial charge in [0.25, 0.3) is 0 Å². The van der Waals surface area contributed by atoms with Crippen molar-refractivity contribution in [3.8, 4) is 0 Å². The summed E-state index contributed by atoms with van der Waals surface area (Å²) >= 11 is 0. The molecule has 3 fully saturated rings. The van der Waals surface area contributed by atoms with Crippen LogP contribution in [0.4, 0.5) is 0 Å². The third kappa shape index (κ3) is 2.77. The summed E-state index contributed by atoms with van der Waals surface area (Å²) < 4.78 is 12.0. The fourth-order valence-corrected chi connectivity index (χ4v) is 4.72. The SMILES string of the molecule is COC1CCCC(OC2CC(N)C23CCCCCC3)C1. The average molecular weight is 281 g/mol. The fraction of sp³-hybridized carbons (Fsp3) is 1.00. The summed E-state index contributed by atoms with van der Waals surface area (Å²) in [5, 5.41) is 0. The summed E-state index contributed by atoms with van der Waals surface area (Å²) in [6.45, 7) is 0. The first-order chi connectivity index (χ1) is 9.74. The first kappa shape index (κ1) is 14.8. The van der Waals surface area contributed by atoms with Crippen LogP contribution < -0.4 is 5.73 Å². The second kappa shape index (κ2) is 6.33. The molecule has 0 aromatic rings. The van der Waals surface area contributed by atoms with Crippen LogP contribution in [-0.4, -0.2) is 31.5 Å². The van der Waals surface area contributed by atoms with Crippen molar-refractivity contribution in [1.82, 2.24) is 0 Å². The molecule has 4 atom stereocenters. The molecule has 3 aliphatic rings. The van der Waals surface area contributed by atoms with E-state index in [-0.39, 0.29) is 0 Å². The summed E-state index contributed by atoms with van der Waals surface area (Å²) in [4.78, 5) is 0. The molecule has 0 aromatic carbocycles. The van der Waals surface area contributed by atoms with Crippen LogP contribution >= 0.6 is 0 Å². The highest BCUT2D eigenvalue weighted by Gasteiger charge is 2.54. The monoisotopic (exact) mass is 281 g/mol. The van der Waals surface area contributed by atoms with Gasteiger partial charge in [0.1, 0.15) is 0 Å². The zero-order chi connectivity index (χ0) is 14.0. The third-order valence-corrected chi connectivity index (χ3v) is 6.15. The van der Waals surface area contributed by atoms with Crippen molar-refractivity contribution in [2.75, 3.05) is 7.11 Å². The molecule has 3 heteroatoms. The van der Waals surface area contributed by atoms with Gasteiger partial charge in [-0.2, -0.15) is 0 Å². The molecular formula is C17H31NO2. The van der Waals surface area contributed by atoms with E-state index in [1.807, 2.05) is 7.11 Å². The first-order valence-electron chi connectivity index (χ1n) is 8.68. The third-order valence-electron chi connectivity index (χ3n) is 6.15. The van der Waals surface area contributed by atoms with E-state index in [4.69, 9.17) is 15.2 Å². The molecule has 0 aliphatic heterocycles. The molecule has 0 bridgehead atoms. The standard InChI is InChI=1S/C17H31NO2/c1-19-13-7-6-8-14(11-13)20-16-12-15(18)17(16)9-4-2-3-5-10-17/h13-16H,2-12,18H2,1H3. The van der Waals surface area contributed by atoms with Crippen LogP contribution in [0.15, 0.2) is 0 Å². The Balaban J connectivity index is 1.59. The lowest BCUT2D eigenvalue weighted by molar-refractivity contribution is -0.175. The Morgan fingerprint density at radius 2 is 1.60 bits per heavy atom. The lowest BCUT2D eigenvalue weighted by Crippen LogP contribution is -2.62. The maximum absolute atomic E-state index is 6.52. The topological polar surface area (TPSA) is 44.5 Å². The predicted octanol–water partition coefficient (Wildman–Crippen LogP) is 3.40. The summed E-state index contributed by atoms with van der Waals surface area (Å²) in [5.74, 6) is 0. The first-order valence-corrected chi connectivity index (χ1v) is 8.68. The van der Waals surface area contributed by atoms with Crippen LogP contribution in [0.3, 0.4) is 0 Å². The van der Waals surface area contributed by atoms with Gasteiger partial charge in [-0.15, -0.1) is 0 Å². The average Bonchev–Trinajstić information content (AvgIpc) is 2.75. The molecular weight excluding hydrogens is 250 g/mol. The number of hydrogen-bond acceptors (Lipinski definition) is 3. The molecule has 3 aliphatic carbocycles. The minimum absolute atomic E-state index is 0.316. The summed E-state index contributed by atoms with van der Waals surface area (Å²) in [6, 6.07) is 0.382. The van der Waals surface area contributed by atoms with E-state index in [1.54, 1.807) is 0 Å². The Bertz CT molecular complexity index is 312. The van der Waals surface area contributed by atoms with Gasteiger partial charge in [0.15, 0.2) is 0 Å². The summed E-state index contributed by atoms with van der Waals surface area (Å²) in [5.41, 5.74) is 6.72. The Kier molecular flexibility index (Phi) is 4.68. The van der Waals surface area contributed by atoms with Gasteiger partial charge in [0.2, 0.25) is 0 Å². The van der Waals surface area contributed by atoms with E-state index in [0.29, 0.717) is 29.8 Å². The molecule has 0 aromatic heterocycles. The van der Waals surface area contributed by atoms with Crippen molar-refractivity contribution in [3.63, 3.8) is 0 Å². The highest BCUT2D eigenvalue weighted by molar-refractivity contribution is 5.07. The second-order valence-corrected chi connectivity index (χ2v) is 7.26. The second-order valence-electron chi connectivity index (χ2n) is 7.26. The van der Waals surface area contributed by atoms with Gasteiger partial charge < -0.3 is 15.2 Å². The molecule has 3 rings (SSSR count). The minimum atomic E-state index is 0.316. The van der Waals surface area contributed by atoms with Crippen LogP contribution in [-0.2, 0) is 9.47 Å². The van der Waals surface area contributed by atoms with Crippen LogP contribution in [0.25, 0.3) is 0 Å². The molecule has 0 heterocycles. The maximum atomic E-state index is 6.52. The van der Waals surface area contributed by atoms with Crippen molar-refractivity contribution in [3.05, 3.63) is 0 Å². The van der Waals surface area contributed by atoms with Crippen molar-refractivity contribution in [1.29, 1.82) is 0 Å². The van der Waals surface area contributed by atoms with Gasteiger partial charge in [-0.1, -0.05) is 25.7 Å². The van der Waals surface area contributed by atoms with Crippen LogP contribution in [0.2, 0.25) is 0 Å². The molecule has 20 heavy (non-hydrogen) atoms. The summed E-state index contributed by atoms with van der Waals surface area (Å²) in [7, 11) is 1.83. The lowest BCUT2D eigenvalue weighted by Gasteiger charge is -2.55. The van der Waals surface area contributed by atoms with E-state index in [0.717, 1.165) is 12.8 Å². The van der Waals surface area contributed by atoms with Crippen molar-refractivity contribution >= 4 is 0 Å². The van der Waals surface area contributed by atoms with E-state index in [1.165, 1.54) is 57.8 Å². The highest BCUT2D eigenvalue weighted by Crippen LogP contribution is 2.52. The van der Waals surface area contributed by atoms with E-state index < -0.39 is 0 Å². The van der Waals surface area contributed by atoms with Gasteiger partial charge in [-0.3, -0.25) is 0 Å². The number of nitrogens with two attached hydrogens (primary N) is 1. The zero-order valence-electron chi connectivity index (χ0n) is 13.0. The zero-order valence-corrected chi connectivity index (χ0v) is 13.0. The normalized spacial score (nSPS) is 41.1. The largest absolute Gasteiger partial charge is 0.381 e. The Labute approximate surface area is 123 Å². The van der Waals surface area contributed by atoms with Gasteiger partial charge in [-0.05, 0) is 44.9 Å².